The van der Waals surface area contributed by atoms with Gasteiger partial charge in [-0.15, -0.1) is 0 Å². The maximum absolute atomic E-state index is 11.1. The zero-order valence-electron chi connectivity index (χ0n) is 9.20. The van der Waals surface area contributed by atoms with Crippen molar-refractivity contribution in [2.75, 3.05) is 14.1 Å². The summed E-state index contributed by atoms with van der Waals surface area (Å²) in [7, 11) is 2.73. The topological polar surface area (TPSA) is 57.7 Å². The number of hydrogen-bond acceptors (Lipinski definition) is 3. The van der Waals surface area contributed by atoms with Gasteiger partial charge in [-0.2, -0.15) is 0 Å². The van der Waals surface area contributed by atoms with Crippen LogP contribution in [-0.4, -0.2) is 41.7 Å². The number of imide groups is 2. The zero-order chi connectivity index (χ0) is 9.46. The Labute approximate surface area is 99.8 Å². The van der Waals surface area contributed by atoms with E-state index in [9.17, 15) is 14.4 Å². The predicted molar refractivity (Wildman–Crippen MR) is 41.2 cm³/mol. The molecule has 5 nitrogen and oxygen atoms in total. The Morgan fingerprint density at radius 1 is 1.08 bits per heavy atom. The van der Waals surface area contributed by atoms with Crippen LogP contribution in [0.15, 0.2) is 0 Å². The monoisotopic (exact) mass is 194 g/mol. The summed E-state index contributed by atoms with van der Waals surface area (Å²) >= 11 is 0. The van der Waals surface area contributed by atoms with Gasteiger partial charge in [0.25, 0.3) is 0 Å². The summed E-state index contributed by atoms with van der Waals surface area (Å²) in [6.07, 6.45) is 0. The van der Waals surface area contributed by atoms with Crippen LogP contribution in [-0.2, 0) is 9.59 Å². The molecule has 1 rings (SSSR count). The molecule has 0 aromatic carbocycles. The van der Waals surface area contributed by atoms with Crippen LogP contribution in [0.5, 0.6) is 0 Å². The largest absolute Gasteiger partial charge is 1.00 e. The molecule has 0 aromatic rings. The maximum atomic E-state index is 11.1. The van der Waals surface area contributed by atoms with E-state index in [1.807, 2.05) is 0 Å². The third-order valence-electron chi connectivity index (χ3n) is 1.98. The van der Waals surface area contributed by atoms with Gasteiger partial charge in [-0.05, 0) is 6.92 Å². The van der Waals surface area contributed by atoms with Crippen LogP contribution in [0.3, 0.4) is 0 Å². The molecule has 0 aromatic heterocycles. The average Bonchev–Trinajstić information content (AvgIpc) is 2.08. The van der Waals surface area contributed by atoms with E-state index < -0.39 is 23.8 Å². The minimum Gasteiger partial charge on any atom is -1.00 e. The molecule has 1 saturated heterocycles. The molecule has 68 valence electrons. The smallest absolute Gasteiger partial charge is 1.00 e. The molecule has 0 radical (unpaired) electrons. The van der Waals surface area contributed by atoms with Gasteiger partial charge >= 0.3 is 35.6 Å². The fraction of sp³-hybridized carbons (Fsp3) is 0.571. The predicted octanol–water partition coefficient (Wildman–Crippen LogP) is -3.21. The van der Waals surface area contributed by atoms with Gasteiger partial charge in [-0.3, -0.25) is 19.4 Å². The Bertz CT molecular complexity index is 211. The first-order valence-electron chi connectivity index (χ1n) is 3.56. The summed E-state index contributed by atoms with van der Waals surface area (Å²) in [4.78, 5) is 35.3. The quantitative estimate of drug-likeness (QED) is 0.301. The van der Waals surface area contributed by atoms with Crippen molar-refractivity contribution in [2.24, 2.45) is 5.92 Å². The number of hydrogen-bond donors (Lipinski definition) is 0. The Balaban J connectivity index is 0. The maximum Gasteiger partial charge on any atom is 1.00 e. The molecule has 1 fully saturated rings. The second-order valence-electron chi connectivity index (χ2n) is 2.80. The van der Waals surface area contributed by atoms with Crippen molar-refractivity contribution in [3.05, 3.63) is 0 Å². The Morgan fingerprint density at radius 3 is 1.69 bits per heavy atom. The van der Waals surface area contributed by atoms with Crippen molar-refractivity contribution < 1.29 is 45.4 Å². The number of barbiturate groups is 1. The number of carbonyl (C=O) groups excluding carboxylic acids is 3. The van der Waals surface area contributed by atoms with Crippen molar-refractivity contribution in [1.29, 1.82) is 0 Å². The fourth-order valence-electron chi connectivity index (χ4n) is 1.10. The summed E-state index contributed by atoms with van der Waals surface area (Å²) < 4.78 is 0. The van der Waals surface area contributed by atoms with Crippen LogP contribution in [0.4, 0.5) is 4.79 Å². The molecule has 0 unspecified atom stereocenters. The van der Waals surface area contributed by atoms with Gasteiger partial charge < -0.3 is 1.43 Å². The van der Waals surface area contributed by atoms with E-state index in [0.717, 1.165) is 9.80 Å². The number of amides is 4. The van der Waals surface area contributed by atoms with Crippen molar-refractivity contribution in [2.45, 2.75) is 6.92 Å². The molecule has 1 heterocycles. The van der Waals surface area contributed by atoms with Gasteiger partial charge in [-0.1, -0.05) is 0 Å². The molecule has 1 aliphatic heterocycles. The van der Waals surface area contributed by atoms with Crippen molar-refractivity contribution in [3.8, 4) is 0 Å². The minimum absolute atomic E-state index is 0. The first kappa shape index (κ1) is 12.6. The molecule has 0 bridgehead atoms. The Hall–Kier alpha value is -0.390. The molecule has 0 aliphatic carbocycles. The van der Waals surface area contributed by atoms with Gasteiger partial charge in [-0.25, -0.2) is 4.79 Å². The van der Waals surface area contributed by atoms with Crippen molar-refractivity contribution in [1.82, 2.24) is 9.80 Å². The van der Waals surface area contributed by atoms with Gasteiger partial charge in [0.2, 0.25) is 11.8 Å². The zero-order valence-corrected chi connectivity index (χ0v) is 10.2. The number of rotatable bonds is 0. The third-order valence-corrected chi connectivity index (χ3v) is 1.98. The number of nitrogens with zero attached hydrogens (tertiary/aromatic N) is 2. The summed E-state index contributed by atoms with van der Waals surface area (Å²) in [6, 6.07) is -0.567. The summed E-state index contributed by atoms with van der Waals surface area (Å²) in [5.41, 5.74) is 0. The molecule has 0 spiro atoms. The van der Waals surface area contributed by atoms with E-state index >= 15 is 0 Å². The molecule has 1 aliphatic rings. The van der Waals surface area contributed by atoms with Crippen molar-refractivity contribution in [3.63, 3.8) is 0 Å². The van der Waals surface area contributed by atoms with Crippen LogP contribution in [0.25, 0.3) is 0 Å². The first-order chi connectivity index (χ1) is 5.46. The Kier molecular flexibility index (Phi) is 4.09. The van der Waals surface area contributed by atoms with Gasteiger partial charge in [0, 0.05) is 14.1 Å². The summed E-state index contributed by atoms with van der Waals surface area (Å²) in [6.45, 7) is 1.49. The molecule has 6 heteroatoms. The number of carbonyl (C=O) groups is 3. The SMILES string of the molecule is CC1C(=O)N(C)C(=O)N(C)C1=O.[H-].[Na+]. The molecule has 0 atom stereocenters. The fourth-order valence-corrected chi connectivity index (χ4v) is 1.10. The van der Waals surface area contributed by atoms with E-state index in [1.165, 1.54) is 21.0 Å². The van der Waals surface area contributed by atoms with Gasteiger partial charge in [0.1, 0.15) is 5.92 Å². The molecule has 0 N–H and O–H groups in total. The van der Waals surface area contributed by atoms with Gasteiger partial charge in [0.05, 0.1) is 0 Å². The average molecular weight is 194 g/mol. The van der Waals surface area contributed by atoms with E-state index in [-0.39, 0.29) is 31.0 Å². The summed E-state index contributed by atoms with van der Waals surface area (Å²) in [5, 5.41) is 0. The van der Waals surface area contributed by atoms with E-state index in [4.69, 9.17) is 0 Å². The summed E-state index contributed by atoms with van der Waals surface area (Å²) in [5.74, 6) is -1.62. The first-order valence-corrected chi connectivity index (χ1v) is 3.56. The van der Waals surface area contributed by atoms with Crippen molar-refractivity contribution >= 4 is 17.8 Å². The van der Waals surface area contributed by atoms with Crippen LogP contribution in [0, 0.1) is 5.92 Å². The second-order valence-corrected chi connectivity index (χ2v) is 2.80. The Morgan fingerprint density at radius 2 is 1.38 bits per heavy atom. The standard InChI is InChI=1S/C7H10N2O3.Na.H/c1-4-5(10)8(2)7(12)9(3)6(4)11;;/h4H,1-3H3;;/q;+1;-1. The normalized spacial score (nSPS) is 19.2. The molecule has 13 heavy (non-hydrogen) atoms. The van der Waals surface area contributed by atoms with Crippen LogP contribution < -0.4 is 29.6 Å². The van der Waals surface area contributed by atoms with E-state index in [1.54, 1.807) is 0 Å². The van der Waals surface area contributed by atoms with Crippen LogP contribution in [0.1, 0.15) is 8.35 Å². The molecule has 4 amide bonds. The van der Waals surface area contributed by atoms with E-state index in [0.29, 0.717) is 0 Å². The second kappa shape index (κ2) is 4.21. The molecule has 0 saturated carbocycles. The van der Waals surface area contributed by atoms with Gasteiger partial charge in [0.15, 0.2) is 0 Å². The number of urea groups is 1. The van der Waals surface area contributed by atoms with Crippen LogP contribution >= 0.6 is 0 Å². The minimum atomic E-state index is -0.738. The molecular formula is C7H11N2NaO3. The molecular weight excluding hydrogens is 183 g/mol. The third kappa shape index (κ3) is 1.92. The van der Waals surface area contributed by atoms with Crippen LogP contribution in [0.2, 0.25) is 0 Å². The van der Waals surface area contributed by atoms with E-state index in [2.05, 4.69) is 0 Å².